The first-order valence-electron chi connectivity index (χ1n) is 22.6. The van der Waals surface area contributed by atoms with Crippen molar-refractivity contribution in [2.75, 3.05) is 4.90 Å². The summed E-state index contributed by atoms with van der Waals surface area (Å²) in [4.78, 5) is 2.49. The first-order valence-corrected chi connectivity index (χ1v) is 22.6. The van der Waals surface area contributed by atoms with Crippen LogP contribution in [-0.4, -0.2) is 4.57 Å². The van der Waals surface area contributed by atoms with Gasteiger partial charge < -0.3 is 9.47 Å². The van der Waals surface area contributed by atoms with Crippen molar-refractivity contribution in [3.05, 3.63) is 254 Å². The first-order chi connectivity index (χ1) is 32.0. The van der Waals surface area contributed by atoms with Crippen LogP contribution in [0.25, 0.3) is 83.1 Å². The van der Waals surface area contributed by atoms with Crippen molar-refractivity contribution < 1.29 is 0 Å². The zero-order valence-electron chi connectivity index (χ0n) is 36.5. The van der Waals surface area contributed by atoms with Crippen molar-refractivity contribution in [3.8, 4) is 61.3 Å². The summed E-state index contributed by atoms with van der Waals surface area (Å²) in [7, 11) is 0. The largest absolute Gasteiger partial charge is 0.310 e. The van der Waals surface area contributed by atoms with Gasteiger partial charge in [-0.25, -0.2) is 0 Å². The van der Waals surface area contributed by atoms with E-state index in [0.29, 0.717) is 0 Å². The van der Waals surface area contributed by atoms with Crippen molar-refractivity contribution in [3.63, 3.8) is 0 Å². The number of nitrogens with zero attached hydrogens (tertiary/aromatic N) is 2. The molecule has 0 saturated heterocycles. The Morgan fingerprint density at radius 3 is 1.63 bits per heavy atom. The number of aromatic nitrogens is 1. The standard InChI is InChI=1S/C63H46N2/c1-63(2)56-32-16-14-27-52(56)53-41-40-48(42-57(53)63)64(59-34-18-30-50(44-22-8-4-9-23-44)61(59)54-28-13-12-26-49(54)43-20-6-3-7-21-43)47-38-36-45(37-39-47)51-31-19-35-60-62(51)55-29-15-17-33-58(55)65(60)46-24-10-5-11-25-46/h3-42H,1-2H3. The maximum absolute atomic E-state index is 2.49. The number of rotatable bonds is 8. The summed E-state index contributed by atoms with van der Waals surface area (Å²) in [5.74, 6) is 0. The maximum atomic E-state index is 2.49. The number of fused-ring (bicyclic) bond motifs is 6. The third-order valence-electron chi connectivity index (χ3n) is 13.6. The average Bonchev–Trinajstić information content (AvgIpc) is 3.83. The predicted octanol–water partition coefficient (Wildman–Crippen LogP) is 17.2. The smallest absolute Gasteiger partial charge is 0.0547 e. The van der Waals surface area contributed by atoms with Gasteiger partial charge in [-0.05, 0) is 116 Å². The van der Waals surface area contributed by atoms with Gasteiger partial charge in [-0.15, -0.1) is 0 Å². The van der Waals surface area contributed by atoms with Crippen LogP contribution in [0.5, 0.6) is 0 Å². The third-order valence-corrected chi connectivity index (χ3v) is 13.6. The van der Waals surface area contributed by atoms with Gasteiger partial charge in [0.2, 0.25) is 0 Å². The molecule has 2 nitrogen and oxygen atoms in total. The van der Waals surface area contributed by atoms with Crippen molar-refractivity contribution >= 4 is 38.9 Å². The number of para-hydroxylation sites is 2. The highest BCUT2D eigenvalue weighted by Gasteiger charge is 2.36. The topological polar surface area (TPSA) is 8.17 Å². The van der Waals surface area contributed by atoms with E-state index >= 15 is 0 Å². The fourth-order valence-electron chi connectivity index (χ4n) is 10.6. The fourth-order valence-corrected chi connectivity index (χ4v) is 10.6. The Bertz CT molecular complexity index is 3550. The van der Waals surface area contributed by atoms with E-state index in [1.54, 1.807) is 0 Å². The van der Waals surface area contributed by atoms with E-state index in [0.717, 1.165) is 22.7 Å². The SMILES string of the molecule is CC1(C)c2ccccc2-c2ccc(N(c3ccc(-c4cccc5c4c4ccccc4n5-c4ccccc4)cc3)c3cccc(-c4ccccc4)c3-c3ccccc3-c3ccccc3)cc21. The minimum absolute atomic E-state index is 0.163. The normalized spacial score (nSPS) is 12.6. The predicted molar refractivity (Wildman–Crippen MR) is 275 cm³/mol. The molecule has 1 aliphatic rings. The molecule has 0 N–H and O–H groups in total. The summed E-state index contributed by atoms with van der Waals surface area (Å²) < 4.78 is 2.40. The highest BCUT2D eigenvalue weighted by Crippen LogP contribution is 2.53. The summed E-state index contributed by atoms with van der Waals surface area (Å²) >= 11 is 0. The molecule has 308 valence electrons. The first kappa shape index (κ1) is 38.5. The molecule has 0 atom stereocenters. The summed E-state index contributed by atoms with van der Waals surface area (Å²) in [6.45, 7) is 4.74. The summed E-state index contributed by atoms with van der Waals surface area (Å²) in [5, 5.41) is 2.50. The maximum Gasteiger partial charge on any atom is 0.0547 e. The highest BCUT2D eigenvalue weighted by atomic mass is 15.1. The third kappa shape index (κ3) is 6.32. The molecule has 0 bridgehead atoms. The molecule has 1 aliphatic carbocycles. The van der Waals surface area contributed by atoms with Crippen LogP contribution in [0.2, 0.25) is 0 Å². The van der Waals surface area contributed by atoms with Gasteiger partial charge in [0, 0.05) is 38.8 Å². The lowest BCUT2D eigenvalue weighted by atomic mass is 9.82. The highest BCUT2D eigenvalue weighted by molar-refractivity contribution is 6.16. The van der Waals surface area contributed by atoms with Gasteiger partial charge in [0.1, 0.15) is 0 Å². The minimum Gasteiger partial charge on any atom is -0.310 e. The molecule has 12 rings (SSSR count). The number of hydrogen-bond donors (Lipinski definition) is 0. The van der Waals surface area contributed by atoms with E-state index in [2.05, 4.69) is 266 Å². The molecule has 1 aromatic heterocycles. The van der Waals surface area contributed by atoms with Crippen LogP contribution in [0.15, 0.2) is 243 Å². The Labute approximate surface area is 381 Å². The van der Waals surface area contributed by atoms with Gasteiger partial charge in [0.05, 0.1) is 16.7 Å². The Hall–Kier alpha value is -8.20. The molecular weight excluding hydrogens is 785 g/mol. The monoisotopic (exact) mass is 830 g/mol. The average molecular weight is 831 g/mol. The number of benzene rings is 10. The lowest BCUT2D eigenvalue weighted by molar-refractivity contribution is 0.660. The van der Waals surface area contributed by atoms with E-state index in [1.165, 1.54) is 88.6 Å². The molecule has 0 fully saturated rings. The molecule has 1 heterocycles. The lowest BCUT2D eigenvalue weighted by Crippen LogP contribution is -2.17. The van der Waals surface area contributed by atoms with Gasteiger partial charge in [0.15, 0.2) is 0 Å². The van der Waals surface area contributed by atoms with E-state index in [9.17, 15) is 0 Å². The molecular formula is C63H46N2. The Morgan fingerprint density at radius 1 is 0.354 bits per heavy atom. The van der Waals surface area contributed by atoms with E-state index < -0.39 is 0 Å². The summed E-state index contributed by atoms with van der Waals surface area (Å²) in [6.07, 6.45) is 0. The van der Waals surface area contributed by atoms with Crippen LogP contribution in [0, 0.1) is 0 Å². The van der Waals surface area contributed by atoms with E-state index in [-0.39, 0.29) is 5.41 Å². The van der Waals surface area contributed by atoms with Crippen LogP contribution in [0.3, 0.4) is 0 Å². The second-order valence-corrected chi connectivity index (χ2v) is 17.6. The quantitative estimate of drug-likeness (QED) is 0.148. The summed E-state index contributed by atoms with van der Waals surface area (Å²) in [5.41, 5.74) is 21.5. The van der Waals surface area contributed by atoms with Crippen molar-refractivity contribution in [1.82, 2.24) is 4.57 Å². The molecule has 65 heavy (non-hydrogen) atoms. The van der Waals surface area contributed by atoms with Crippen LogP contribution in [0.4, 0.5) is 17.1 Å². The van der Waals surface area contributed by atoms with Crippen molar-refractivity contribution in [2.45, 2.75) is 19.3 Å². The van der Waals surface area contributed by atoms with Crippen LogP contribution >= 0.6 is 0 Å². The Morgan fingerprint density at radius 2 is 0.877 bits per heavy atom. The van der Waals surface area contributed by atoms with E-state index in [4.69, 9.17) is 0 Å². The Balaban J connectivity index is 1.09. The van der Waals surface area contributed by atoms with Crippen LogP contribution in [0.1, 0.15) is 25.0 Å². The molecule has 0 amide bonds. The molecule has 0 spiro atoms. The van der Waals surface area contributed by atoms with Gasteiger partial charge in [-0.2, -0.15) is 0 Å². The van der Waals surface area contributed by atoms with Gasteiger partial charge in [-0.3, -0.25) is 0 Å². The van der Waals surface area contributed by atoms with Crippen LogP contribution < -0.4 is 4.90 Å². The van der Waals surface area contributed by atoms with Crippen molar-refractivity contribution in [1.29, 1.82) is 0 Å². The molecule has 10 aromatic carbocycles. The zero-order chi connectivity index (χ0) is 43.5. The molecule has 0 saturated carbocycles. The number of hydrogen-bond acceptors (Lipinski definition) is 1. The summed E-state index contributed by atoms with van der Waals surface area (Å²) in [6, 6.07) is 88.9. The van der Waals surface area contributed by atoms with Gasteiger partial charge >= 0.3 is 0 Å². The minimum atomic E-state index is -0.163. The molecule has 0 radical (unpaired) electrons. The van der Waals surface area contributed by atoms with Gasteiger partial charge in [-0.1, -0.05) is 202 Å². The van der Waals surface area contributed by atoms with Crippen molar-refractivity contribution in [2.24, 2.45) is 0 Å². The van der Waals surface area contributed by atoms with Gasteiger partial charge in [0.25, 0.3) is 0 Å². The molecule has 11 aromatic rings. The zero-order valence-corrected chi connectivity index (χ0v) is 36.5. The lowest BCUT2D eigenvalue weighted by Gasteiger charge is -2.31. The Kier molecular flexibility index (Phi) is 9.21. The molecule has 0 unspecified atom stereocenters. The number of anilines is 3. The molecule has 0 aliphatic heterocycles. The molecule has 2 heteroatoms. The second kappa shape index (κ2) is 15.6. The second-order valence-electron chi connectivity index (χ2n) is 17.6. The fraction of sp³-hybridized carbons (Fsp3) is 0.0476. The van der Waals surface area contributed by atoms with Crippen LogP contribution in [-0.2, 0) is 5.41 Å². The van der Waals surface area contributed by atoms with E-state index in [1.807, 2.05) is 0 Å².